The summed E-state index contributed by atoms with van der Waals surface area (Å²) in [6, 6.07) is 7.58. The normalized spacial score (nSPS) is 18.0. The van der Waals surface area contributed by atoms with Crippen molar-refractivity contribution in [1.82, 2.24) is 10.2 Å². The lowest BCUT2D eigenvalue weighted by molar-refractivity contribution is -0.188. The number of hydrogen-bond donors (Lipinski definition) is 2. The highest BCUT2D eigenvalue weighted by Crippen LogP contribution is 2.16. The summed E-state index contributed by atoms with van der Waals surface area (Å²) in [6.07, 6.45) is 2.61. The van der Waals surface area contributed by atoms with Gasteiger partial charge in [0.15, 0.2) is 0 Å². The lowest BCUT2D eigenvalue weighted by Crippen LogP contribution is -2.53. The van der Waals surface area contributed by atoms with Crippen molar-refractivity contribution >= 4 is 28.5 Å². The van der Waals surface area contributed by atoms with Gasteiger partial charge in [0, 0.05) is 16.7 Å². The Bertz CT molecular complexity index is 568. The first-order valence-corrected chi connectivity index (χ1v) is 9.98. The van der Waals surface area contributed by atoms with Crippen LogP contribution < -0.4 is 5.32 Å². The van der Waals surface area contributed by atoms with E-state index < -0.39 is 18.1 Å². The standard InChI is InChI=1S/C19H29IN2O3/c1-19(2,3)25-18(24)21-16(13-14-8-7-9-15(20)12-14)17(23)22-10-5-4-6-11-22/h7-9,12,16,18,21,24H,4-6,10-11,13H2,1-3H3/t16-,18?/m0/s1. The number of piperidine rings is 1. The van der Waals surface area contributed by atoms with Gasteiger partial charge in [0.05, 0.1) is 11.6 Å². The van der Waals surface area contributed by atoms with Gasteiger partial charge >= 0.3 is 0 Å². The number of hydrogen-bond acceptors (Lipinski definition) is 4. The fourth-order valence-electron chi connectivity index (χ4n) is 2.99. The van der Waals surface area contributed by atoms with Gasteiger partial charge in [-0.15, -0.1) is 0 Å². The Hall–Kier alpha value is -0.700. The van der Waals surface area contributed by atoms with Crippen LogP contribution in [0.5, 0.6) is 0 Å². The molecule has 0 spiro atoms. The molecular weight excluding hydrogens is 431 g/mol. The molecule has 1 aromatic rings. The van der Waals surface area contributed by atoms with E-state index in [1.807, 2.05) is 43.9 Å². The Kier molecular flexibility index (Phi) is 7.67. The fourth-order valence-corrected chi connectivity index (χ4v) is 3.60. The average Bonchev–Trinajstić information content (AvgIpc) is 2.52. The molecule has 1 unspecified atom stereocenters. The zero-order valence-corrected chi connectivity index (χ0v) is 17.5. The molecule has 1 aliphatic heterocycles. The second kappa shape index (κ2) is 9.30. The highest BCUT2D eigenvalue weighted by Gasteiger charge is 2.29. The fraction of sp³-hybridized carbons (Fsp3) is 0.632. The van der Waals surface area contributed by atoms with Crippen molar-refractivity contribution in [1.29, 1.82) is 0 Å². The van der Waals surface area contributed by atoms with Crippen LogP contribution in [-0.4, -0.2) is 47.1 Å². The number of likely N-dealkylation sites (tertiary alicyclic amines) is 1. The van der Waals surface area contributed by atoms with Gasteiger partial charge in [0.2, 0.25) is 12.3 Å². The average molecular weight is 460 g/mol. The largest absolute Gasteiger partial charge is 0.356 e. The molecule has 2 rings (SSSR count). The molecule has 1 heterocycles. The van der Waals surface area contributed by atoms with Crippen molar-refractivity contribution in [3.63, 3.8) is 0 Å². The minimum atomic E-state index is -1.18. The van der Waals surface area contributed by atoms with Crippen LogP contribution in [0.1, 0.15) is 45.6 Å². The minimum Gasteiger partial charge on any atom is -0.356 e. The lowest BCUT2D eigenvalue weighted by atomic mass is 10.0. The highest BCUT2D eigenvalue weighted by molar-refractivity contribution is 14.1. The zero-order chi connectivity index (χ0) is 18.4. The molecule has 2 N–H and O–H groups in total. The molecule has 1 fully saturated rings. The van der Waals surface area contributed by atoms with E-state index in [0.717, 1.165) is 35.1 Å². The maximum absolute atomic E-state index is 13.0. The van der Waals surface area contributed by atoms with Crippen LogP contribution >= 0.6 is 22.6 Å². The molecular formula is C19H29IN2O3. The summed E-state index contributed by atoms with van der Waals surface area (Å²) < 4.78 is 6.67. The predicted molar refractivity (Wildman–Crippen MR) is 107 cm³/mol. The van der Waals surface area contributed by atoms with E-state index in [0.29, 0.717) is 6.42 Å². The van der Waals surface area contributed by atoms with Crippen LogP contribution in [0.4, 0.5) is 0 Å². The number of aliphatic hydroxyl groups is 1. The maximum atomic E-state index is 13.0. The lowest BCUT2D eigenvalue weighted by Gasteiger charge is -2.33. The number of benzene rings is 1. The molecule has 2 atom stereocenters. The summed E-state index contributed by atoms with van der Waals surface area (Å²) in [4.78, 5) is 14.9. The second-order valence-corrected chi connectivity index (χ2v) is 8.77. The molecule has 25 heavy (non-hydrogen) atoms. The summed E-state index contributed by atoms with van der Waals surface area (Å²) in [7, 11) is 0. The van der Waals surface area contributed by atoms with E-state index in [1.54, 1.807) is 0 Å². The first kappa shape index (κ1) is 20.6. The monoisotopic (exact) mass is 460 g/mol. The Balaban J connectivity index is 2.10. The number of carbonyl (C=O) groups excluding carboxylic acids is 1. The van der Waals surface area contributed by atoms with E-state index >= 15 is 0 Å². The third-order valence-electron chi connectivity index (χ3n) is 4.10. The van der Waals surface area contributed by atoms with Crippen LogP contribution in [0.2, 0.25) is 0 Å². The molecule has 140 valence electrons. The number of nitrogens with zero attached hydrogens (tertiary/aromatic N) is 1. The van der Waals surface area contributed by atoms with Crippen molar-refractivity contribution in [2.45, 2.75) is 64.5 Å². The van der Waals surface area contributed by atoms with Gasteiger partial charge < -0.3 is 14.7 Å². The molecule has 0 radical (unpaired) electrons. The van der Waals surface area contributed by atoms with Crippen LogP contribution in [0.15, 0.2) is 24.3 Å². The first-order valence-electron chi connectivity index (χ1n) is 8.90. The number of rotatable bonds is 6. The van der Waals surface area contributed by atoms with E-state index in [4.69, 9.17) is 4.74 Å². The molecule has 0 aliphatic carbocycles. The summed E-state index contributed by atoms with van der Waals surface area (Å²) in [5.41, 5.74) is 0.575. The number of carbonyl (C=O) groups is 1. The van der Waals surface area contributed by atoms with Crippen molar-refractivity contribution < 1.29 is 14.6 Å². The Morgan fingerprint density at radius 1 is 1.32 bits per heavy atom. The Morgan fingerprint density at radius 3 is 2.60 bits per heavy atom. The quantitative estimate of drug-likeness (QED) is 0.507. The Morgan fingerprint density at radius 2 is 2.00 bits per heavy atom. The van der Waals surface area contributed by atoms with Crippen LogP contribution in [0, 0.1) is 3.57 Å². The van der Waals surface area contributed by atoms with Gasteiger partial charge in [0.25, 0.3) is 0 Å². The van der Waals surface area contributed by atoms with Crippen LogP contribution in [0.25, 0.3) is 0 Å². The SMILES string of the molecule is CC(C)(C)OC(O)N[C@@H](Cc1cccc(I)c1)C(=O)N1CCCCC1. The molecule has 1 amide bonds. The van der Waals surface area contributed by atoms with E-state index in [9.17, 15) is 9.90 Å². The molecule has 1 aliphatic rings. The van der Waals surface area contributed by atoms with E-state index in [-0.39, 0.29) is 5.91 Å². The molecule has 5 nitrogen and oxygen atoms in total. The number of amides is 1. The van der Waals surface area contributed by atoms with Crippen molar-refractivity contribution in [2.24, 2.45) is 0 Å². The molecule has 1 aromatic carbocycles. The number of halogens is 1. The zero-order valence-electron chi connectivity index (χ0n) is 15.3. The molecule has 0 aromatic heterocycles. The van der Waals surface area contributed by atoms with Gasteiger partial charge in [-0.2, -0.15) is 0 Å². The molecule has 1 saturated heterocycles. The number of aliphatic hydroxyl groups excluding tert-OH is 1. The van der Waals surface area contributed by atoms with Crippen LogP contribution in [0.3, 0.4) is 0 Å². The number of ether oxygens (including phenoxy) is 1. The molecule has 6 heteroatoms. The summed E-state index contributed by atoms with van der Waals surface area (Å²) >= 11 is 2.27. The predicted octanol–water partition coefficient (Wildman–Crippen LogP) is 2.90. The van der Waals surface area contributed by atoms with Crippen molar-refractivity contribution in [2.75, 3.05) is 13.1 Å². The van der Waals surface area contributed by atoms with Crippen LogP contribution in [-0.2, 0) is 16.0 Å². The van der Waals surface area contributed by atoms with Gasteiger partial charge in [0.1, 0.15) is 0 Å². The topological polar surface area (TPSA) is 61.8 Å². The van der Waals surface area contributed by atoms with Gasteiger partial charge in [-0.25, -0.2) is 0 Å². The van der Waals surface area contributed by atoms with Crippen molar-refractivity contribution in [3.05, 3.63) is 33.4 Å². The maximum Gasteiger partial charge on any atom is 0.240 e. The highest BCUT2D eigenvalue weighted by atomic mass is 127. The van der Waals surface area contributed by atoms with Gasteiger partial charge in [-0.05, 0) is 86.7 Å². The van der Waals surface area contributed by atoms with E-state index in [2.05, 4.69) is 34.0 Å². The van der Waals surface area contributed by atoms with Gasteiger partial charge in [-0.3, -0.25) is 10.1 Å². The second-order valence-electron chi connectivity index (χ2n) is 7.52. The smallest absolute Gasteiger partial charge is 0.240 e. The Labute approximate surface area is 164 Å². The first-order chi connectivity index (χ1) is 11.7. The molecule has 0 bridgehead atoms. The van der Waals surface area contributed by atoms with E-state index in [1.165, 1.54) is 6.42 Å². The third-order valence-corrected chi connectivity index (χ3v) is 4.77. The number of nitrogens with one attached hydrogen (secondary N) is 1. The summed E-state index contributed by atoms with van der Waals surface area (Å²) in [5, 5.41) is 13.2. The summed E-state index contributed by atoms with van der Waals surface area (Å²) in [5.74, 6) is 0.0371. The summed E-state index contributed by atoms with van der Waals surface area (Å²) in [6.45, 7) is 7.20. The van der Waals surface area contributed by atoms with Gasteiger partial charge in [-0.1, -0.05) is 12.1 Å². The minimum absolute atomic E-state index is 0.0371. The van der Waals surface area contributed by atoms with Crippen molar-refractivity contribution in [3.8, 4) is 0 Å². The third kappa shape index (κ3) is 7.21. The molecule has 0 saturated carbocycles.